The Morgan fingerprint density at radius 2 is 1.74 bits per heavy atom. The summed E-state index contributed by atoms with van der Waals surface area (Å²) in [6, 6.07) is 5.70. The van der Waals surface area contributed by atoms with E-state index in [2.05, 4.69) is 21.3 Å². The average Bonchev–Trinajstić information content (AvgIpc) is 3.31. The van der Waals surface area contributed by atoms with E-state index in [4.69, 9.17) is 5.11 Å². The first-order valence-electron chi connectivity index (χ1n) is 11.1. The Balaban J connectivity index is 2.08. The van der Waals surface area contributed by atoms with Crippen LogP contribution >= 0.6 is 0 Å². The van der Waals surface area contributed by atoms with Gasteiger partial charge in [0.15, 0.2) is 0 Å². The van der Waals surface area contributed by atoms with E-state index in [-0.39, 0.29) is 18.7 Å². The number of aliphatic carboxylic acids is 2. The van der Waals surface area contributed by atoms with Crippen LogP contribution in [0.2, 0.25) is 0 Å². The number of rotatable bonds is 12. The predicted octanol–water partition coefficient (Wildman–Crippen LogP) is -0.205. The first kappa shape index (κ1) is 26.8. The van der Waals surface area contributed by atoms with Crippen molar-refractivity contribution in [3.8, 4) is 0 Å². The highest BCUT2D eigenvalue weighted by molar-refractivity contribution is 5.96. The number of hydrogen-bond donors (Lipinski definition) is 6. The van der Waals surface area contributed by atoms with Crippen LogP contribution in [0.1, 0.15) is 45.1 Å². The zero-order valence-electron chi connectivity index (χ0n) is 19.3. The number of amides is 3. The van der Waals surface area contributed by atoms with E-state index < -0.39 is 53.8 Å². The van der Waals surface area contributed by atoms with Gasteiger partial charge in [-0.1, -0.05) is 30.3 Å². The smallest absolute Gasteiger partial charge is 0.326 e. The maximum Gasteiger partial charge on any atom is 0.326 e. The molecule has 3 atom stereocenters. The lowest BCUT2D eigenvalue weighted by Gasteiger charge is -2.29. The Labute approximate surface area is 197 Å². The number of carbonyl (C=O) groups excluding carboxylic acids is 3. The minimum Gasteiger partial charge on any atom is -0.481 e. The summed E-state index contributed by atoms with van der Waals surface area (Å²) in [5, 5.41) is 29.1. The summed E-state index contributed by atoms with van der Waals surface area (Å²) in [6.45, 7) is 3.64. The molecule has 1 aromatic rings. The summed E-state index contributed by atoms with van der Waals surface area (Å²) < 4.78 is 0. The average molecular weight is 477 g/mol. The molecule has 1 aliphatic rings. The van der Waals surface area contributed by atoms with Crippen molar-refractivity contribution >= 4 is 29.7 Å². The number of hydrogen-bond acceptors (Lipinski definition) is 6. The number of benzene rings is 1. The second-order valence-electron chi connectivity index (χ2n) is 8.81. The molecule has 1 aromatic carbocycles. The van der Waals surface area contributed by atoms with E-state index in [9.17, 15) is 29.1 Å². The molecule has 2 rings (SSSR count). The molecule has 1 heterocycles. The van der Waals surface area contributed by atoms with Crippen molar-refractivity contribution in [3.63, 3.8) is 0 Å². The van der Waals surface area contributed by atoms with Gasteiger partial charge in [0.1, 0.15) is 17.6 Å². The first-order valence-corrected chi connectivity index (χ1v) is 11.1. The van der Waals surface area contributed by atoms with Crippen LogP contribution in [-0.4, -0.2) is 70.1 Å². The van der Waals surface area contributed by atoms with Gasteiger partial charge in [0, 0.05) is 12.8 Å². The largest absolute Gasteiger partial charge is 0.481 e. The fourth-order valence-electron chi connectivity index (χ4n) is 3.56. The van der Waals surface area contributed by atoms with Gasteiger partial charge in [-0.05, 0) is 45.2 Å². The molecule has 0 unspecified atom stereocenters. The fourth-order valence-corrected chi connectivity index (χ4v) is 3.56. The van der Waals surface area contributed by atoms with Gasteiger partial charge in [0.05, 0.1) is 6.04 Å². The van der Waals surface area contributed by atoms with Crippen LogP contribution < -0.4 is 21.3 Å². The van der Waals surface area contributed by atoms with Crippen LogP contribution in [0.25, 0.3) is 0 Å². The number of carboxylic acids is 2. The van der Waals surface area contributed by atoms with Gasteiger partial charge in [-0.3, -0.25) is 19.2 Å². The normalized spacial score (nSPS) is 17.3. The van der Waals surface area contributed by atoms with Crippen molar-refractivity contribution in [1.82, 2.24) is 21.3 Å². The molecule has 34 heavy (non-hydrogen) atoms. The summed E-state index contributed by atoms with van der Waals surface area (Å²) in [4.78, 5) is 61.0. The van der Waals surface area contributed by atoms with E-state index in [1.165, 1.54) is 13.8 Å². The standard InChI is InChI=1S/C23H32N4O7/c1-23(2,27-20(31)15-9-6-12-24-15)22(34)26-16(10-11-18(28)29)19(30)25-17(21(32)33)13-14-7-4-3-5-8-14/h3-5,7-8,15-17,24H,6,9-13H2,1-2H3,(H,25,30)(H,26,34)(H,27,31)(H,28,29)(H,32,33)/t15-,16-,17-/m0/s1. The molecule has 1 fully saturated rings. The van der Waals surface area contributed by atoms with Gasteiger partial charge in [-0.15, -0.1) is 0 Å². The van der Waals surface area contributed by atoms with E-state index >= 15 is 0 Å². The maximum atomic E-state index is 12.9. The van der Waals surface area contributed by atoms with Gasteiger partial charge in [-0.25, -0.2) is 4.79 Å². The highest BCUT2D eigenvalue weighted by Crippen LogP contribution is 2.11. The zero-order chi connectivity index (χ0) is 25.3. The maximum absolute atomic E-state index is 12.9. The highest BCUT2D eigenvalue weighted by atomic mass is 16.4. The summed E-state index contributed by atoms with van der Waals surface area (Å²) in [5.74, 6) is -4.31. The first-order chi connectivity index (χ1) is 16.0. The van der Waals surface area contributed by atoms with E-state index in [1.807, 2.05) is 0 Å². The molecule has 1 saturated heterocycles. The third kappa shape index (κ3) is 8.14. The summed E-state index contributed by atoms with van der Waals surface area (Å²) in [5.41, 5.74) is -0.704. The topological polar surface area (TPSA) is 174 Å². The molecule has 0 aromatic heterocycles. The van der Waals surface area contributed by atoms with E-state index in [1.54, 1.807) is 30.3 Å². The molecule has 6 N–H and O–H groups in total. The molecule has 0 saturated carbocycles. The highest BCUT2D eigenvalue weighted by Gasteiger charge is 2.36. The Kier molecular flexibility index (Phi) is 9.55. The third-order valence-corrected chi connectivity index (χ3v) is 5.55. The zero-order valence-corrected chi connectivity index (χ0v) is 19.3. The van der Waals surface area contributed by atoms with Crippen LogP contribution in [0.3, 0.4) is 0 Å². The Bertz CT molecular complexity index is 898. The summed E-state index contributed by atoms with van der Waals surface area (Å²) in [6.07, 6.45) is 0.824. The Morgan fingerprint density at radius 3 is 2.29 bits per heavy atom. The number of nitrogens with one attached hydrogen (secondary N) is 4. The molecular weight excluding hydrogens is 444 g/mol. The van der Waals surface area contributed by atoms with Crippen LogP contribution in [0.4, 0.5) is 0 Å². The molecule has 0 bridgehead atoms. The molecule has 0 aliphatic carbocycles. The summed E-state index contributed by atoms with van der Waals surface area (Å²) >= 11 is 0. The molecule has 3 amide bonds. The summed E-state index contributed by atoms with van der Waals surface area (Å²) in [7, 11) is 0. The molecule has 11 heteroatoms. The minimum absolute atomic E-state index is 0.0114. The van der Waals surface area contributed by atoms with Crippen molar-refractivity contribution in [2.45, 2.75) is 69.6 Å². The number of carboxylic acid groups (broad SMARTS) is 2. The van der Waals surface area contributed by atoms with Crippen LogP contribution in [0, 0.1) is 0 Å². The Morgan fingerprint density at radius 1 is 1.06 bits per heavy atom. The molecular formula is C23H32N4O7. The molecule has 11 nitrogen and oxygen atoms in total. The second-order valence-corrected chi connectivity index (χ2v) is 8.81. The van der Waals surface area contributed by atoms with Gasteiger partial charge in [0.2, 0.25) is 17.7 Å². The molecule has 186 valence electrons. The molecule has 0 spiro atoms. The predicted molar refractivity (Wildman–Crippen MR) is 122 cm³/mol. The monoisotopic (exact) mass is 476 g/mol. The quantitative estimate of drug-likeness (QED) is 0.240. The van der Waals surface area contributed by atoms with Crippen LogP contribution in [-0.2, 0) is 30.4 Å². The lowest BCUT2D eigenvalue weighted by atomic mass is 10.0. The van der Waals surface area contributed by atoms with Crippen molar-refractivity contribution in [2.24, 2.45) is 0 Å². The van der Waals surface area contributed by atoms with E-state index in [0.29, 0.717) is 18.5 Å². The third-order valence-electron chi connectivity index (χ3n) is 5.55. The lowest BCUT2D eigenvalue weighted by Crippen LogP contribution is -2.61. The van der Waals surface area contributed by atoms with Gasteiger partial charge in [-0.2, -0.15) is 0 Å². The van der Waals surface area contributed by atoms with Crippen molar-refractivity contribution in [3.05, 3.63) is 35.9 Å². The van der Waals surface area contributed by atoms with Gasteiger partial charge >= 0.3 is 11.9 Å². The van der Waals surface area contributed by atoms with Crippen molar-refractivity contribution in [1.29, 1.82) is 0 Å². The van der Waals surface area contributed by atoms with Crippen molar-refractivity contribution < 1.29 is 34.2 Å². The van der Waals surface area contributed by atoms with Gasteiger partial charge < -0.3 is 31.5 Å². The number of carbonyl (C=O) groups is 5. The van der Waals surface area contributed by atoms with Crippen LogP contribution in [0.15, 0.2) is 30.3 Å². The SMILES string of the molecule is CC(C)(NC(=O)[C@@H]1CCCN1)C(=O)N[C@@H](CCC(=O)O)C(=O)N[C@@H](Cc1ccccc1)C(=O)O. The van der Waals surface area contributed by atoms with E-state index in [0.717, 1.165) is 6.42 Å². The Hall–Kier alpha value is -3.47. The second kappa shape index (κ2) is 12.1. The lowest BCUT2D eigenvalue weighted by molar-refractivity contribution is -0.143. The molecule has 0 radical (unpaired) electrons. The minimum atomic E-state index is -1.39. The van der Waals surface area contributed by atoms with Crippen LogP contribution in [0.5, 0.6) is 0 Å². The van der Waals surface area contributed by atoms with Crippen molar-refractivity contribution in [2.75, 3.05) is 6.54 Å². The molecule has 1 aliphatic heterocycles. The fraction of sp³-hybridized carbons (Fsp3) is 0.522. The van der Waals surface area contributed by atoms with Gasteiger partial charge in [0.25, 0.3) is 0 Å².